The molecule has 0 atom stereocenters. The Morgan fingerprint density at radius 1 is 1.28 bits per heavy atom. The highest BCUT2D eigenvalue weighted by atomic mass is 32.1. The molecule has 9 heteroatoms. The summed E-state index contributed by atoms with van der Waals surface area (Å²) in [6, 6.07) is 3.53. The molecule has 1 amide bonds. The number of rotatable bonds is 5. The van der Waals surface area contributed by atoms with Crippen molar-refractivity contribution in [1.82, 2.24) is 20.0 Å². The van der Waals surface area contributed by atoms with E-state index in [-0.39, 0.29) is 5.91 Å². The molecule has 0 aliphatic carbocycles. The van der Waals surface area contributed by atoms with E-state index < -0.39 is 0 Å². The minimum atomic E-state index is 0.108. The first kappa shape index (κ1) is 15.8. The van der Waals surface area contributed by atoms with Crippen LogP contribution in [0.15, 0.2) is 38.9 Å². The van der Waals surface area contributed by atoms with Crippen LogP contribution < -0.4 is 4.90 Å². The molecule has 1 saturated heterocycles. The average Bonchev–Trinajstić information content (AvgIpc) is 3.42. The zero-order valence-corrected chi connectivity index (χ0v) is 14.3. The summed E-state index contributed by atoms with van der Waals surface area (Å²) in [5.41, 5.74) is 0. The third-order valence-electron chi connectivity index (χ3n) is 4.08. The number of piperazine rings is 1. The van der Waals surface area contributed by atoms with E-state index in [0.717, 1.165) is 18.2 Å². The van der Waals surface area contributed by atoms with Gasteiger partial charge in [0.2, 0.25) is 17.6 Å². The van der Waals surface area contributed by atoms with Crippen molar-refractivity contribution in [2.75, 3.05) is 31.1 Å². The second kappa shape index (κ2) is 7.06. The van der Waals surface area contributed by atoms with Crippen LogP contribution in [0.3, 0.4) is 0 Å². The van der Waals surface area contributed by atoms with E-state index in [1.165, 1.54) is 0 Å². The van der Waals surface area contributed by atoms with Crippen molar-refractivity contribution in [2.45, 2.75) is 12.8 Å². The summed E-state index contributed by atoms with van der Waals surface area (Å²) in [5.74, 6) is 1.52. The van der Waals surface area contributed by atoms with Gasteiger partial charge >= 0.3 is 0 Å². The zero-order valence-electron chi connectivity index (χ0n) is 13.5. The molecule has 3 aromatic heterocycles. The van der Waals surface area contributed by atoms with Gasteiger partial charge in [-0.15, -0.1) is 11.3 Å². The molecule has 1 aliphatic heterocycles. The van der Waals surface area contributed by atoms with Crippen LogP contribution in [-0.4, -0.2) is 52.1 Å². The SMILES string of the molecule is O=C(CCc1nc(-c2ccco2)no1)N1CCN(c2nccs2)CC1. The number of amides is 1. The van der Waals surface area contributed by atoms with Crippen molar-refractivity contribution in [3.8, 4) is 11.6 Å². The van der Waals surface area contributed by atoms with Crippen LogP contribution in [-0.2, 0) is 11.2 Å². The summed E-state index contributed by atoms with van der Waals surface area (Å²) in [4.78, 5) is 25.1. The maximum Gasteiger partial charge on any atom is 0.238 e. The Kier molecular flexibility index (Phi) is 4.47. The maximum atomic E-state index is 12.4. The summed E-state index contributed by atoms with van der Waals surface area (Å²) in [6.45, 7) is 3.03. The van der Waals surface area contributed by atoms with Crippen LogP contribution in [0.2, 0.25) is 0 Å². The Morgan fingerprint density at radius 2 is 2.16 bits per heavy atom. The number of thiazole rings is 1. The molecule has 8 nitrogen and oxygen atoms in total. The van der Waals surface area contributed by atoms with E-state index in [1.807, 2.05) is 10.3 Å². The molecule has 1 aliphatic rings. The summed E-state index contributed by atoms with van der Waals surface area (Å²) in [6.07, 6.45) is 4.15. The minimum absolute atomic E-state index is 0.108. The summed E-state index contributed by atoms with van der Waals surface area (Å²) < 4.78 is 10.4. The van der Waals surface area contributed by atoms with Crippen molar-refractivity contribution < 1.29 is 13.7 Å². The molecule has 25 heavy (non-hydrogen) atoms. The first-order valence-corrected chi connectivity index (χ1v) is 8.96. The first-order chi connectivity index (χ1) is 12.3. The number of carbonyl (C=O) groups is 1. The van der Waals surface area contributed by atoms with Gasteiger partial charge in [-0.1, -0.05) is 5.16 Å². The van der Waals surface area contributed by atoms with E-state index in [9.17, 15) is 4.79 Å². The number of aryl methyl sites for hydroxylation is 1. The Balaban J connectivity index is 1.27. The van der Waals surface area contributed by atoms with E-state index in [4.69, 9.17) is 8.94 Å². The standard InChI is InChI=1S/C16H17N5O3S/c22-14(20-6-8-21(9-7-20)16-17-5-11-25-16)4-3-13-18-15(19-24-13)12-2-1-10-23-12/h1-2,5,10-11H,3-4,6-9H2. The van der Waals surface area contributed by atoms with Gasteiger partial charge in [0.15, 0.2) is 10.9 Å². The van der Waals surface area contributed by atoms with Gasteiger partial charge in [-0.3, -0.25) is 4.79 Å². The summed E-state index contributed by atoms with van der Waals surface area (Å²) in [7, 11) is 0. The van der Waals surface area contributed by atoms with Gasteiger partial charge in [-0.05, 0) is 12.1 Å². The number of hydrogen-bond acceptors (Lipinski definition) is 8. The highest BCUT2D eigenvalue weighted by Gasteiger charge is 2.22. The molecule has 4 heterocycles. The predicted octanol–water partition coefficient (Wildman–Crippen LogP) is 2.07. The Morgan fingerprint density at radius 3 is 2.88 bits per heavy atom. The fourth-order valence-corrected chi connectivity index (χ4v) is 3.45. The molecule has 4 rings (SSSR count). The molecule has 3 aromatic rings. The Bertz CT molecular complexity index is 807. The molecule has 0 saturated carbocycles. The fourth-order valence-electron chi connectivity index (χ4n) is 2.75. The lowest BCUT2D eigenvalue weighted by molar-refractivity contribution is -0.131. The van der Waals surface area contributed by atoms with Gasteiger partial charge in [0.25, 0.3) is 0 Å². The monoisotopic (exact) mass is 359 g/mol. The van der Waals surface area contributed by atoms with Gasteiger partial charge in [-0.25, -0.2) is 4.98 Å². The minimum Gasteiger partial charge on any atom is -0.461 e. The molecule has 0 spiro atoms. The number of furan rings is 1. The van der Waals surface area contributed by atoms with E-state index in [1.54, 1.807) is 35.9 Å². The molecule has 0 radical (unpaired) electrons. The molecule has 0 N–H and O–H groups in total. The molecular formula is C16H17N5O3S. The van der Waals surface area contributed by atoms with Gasteiger partial charge in [0.1, 0.15) is 0 Å². The molecular weight excluding hydrogens is 342 g/mol. The Labute approximate surface area is 148 Å². The van der Waals surface area contributed by atoms with Crippen molar-refractivity contribution in [2.24, 2.45) is 0 Å². The highest BCUT2D eigenvalue weighted by molar-refractivity contribution is 7.13. The van der Waals surface area contributed by atoms with Crippen LogP contribution in [0, 0.1) is 0 Å². The van der Waals surface area contributed by atoms with Gasteiger partial charge in [0, 0.05) is 50.6 Å². The number of nitrogens with zero attached hydrogens (tertiary/aromatic N) is 5. The lowest BCUT2D eigenvalue weighted by Gasteiger charge is -2.34. The van der Waals surface area contributed by atoms with Gasteiger partial charge in [-0.2, -0.15) is 4.98 Å². The molecule has 130 valence electrons. The number of carbonyl (C=O) groups excluding carboxylic acids is 1. The number of anilines is 1. The molecule has 0 unspecified atom stereocenters. The van der Waals surface area contributed by atoms with Gasteiger partial charge < -0.3 is 18.7 Å². The largest absolute Gasteiger partial charge is 0.461 e. The smallest absolute Gasteiger partial charge is 0.238 e. The van der Waals surface area contributed by atoms with Gasteiger partial charge in [0.05, 0.1) is 6.26 Å². The predicted molar refractivity (Wildman–Crippen MR) is 91.2 cm³/mol. The van der Waals surface area contributed by atoms with E-state index in [2.05, 4.69) is 20.0 Å². The van der Waals surface area contributed by atoms with Crippen molar-refractivity contribution in [3.63, 3.8) is 0 Å². The summed E-state index contributed by atoms with van der Waals surface area (Å²) in [5, 5.41) is 6.85. The number of aromatic nitrogens is 3. The first-order valence-electron chi connectivity index (χ1n) is 8.08. The van der Waals surface area contributed by atoms with Crippen molar-refractivity contribution >= 4 is 22.4 Å². The quantitative estimate of drug-likeness (QED) is 0.689. The maximum absolute atomic E-state index is 12.4. The molecule has 0 bridgehead atoms. The van der Waals surface area contributed by atoms with Crippen molar-refractivity contribution in [3.05, 3.63) is 35.9 Å². The van der Waals surface area contributed by atoms with Crippen LogP contribution in [0.5, 0.6) is 0 Å². The van der Waals surface area contributed by atoms with E-state index >= 15 is 0 Å². The lowest BCUT2D eigenvalue weighted by Crippen LogP contribution is -2.48. The fraction of sp³-hybridized carbons (Fsp3) is 0.375. The second-order valence-electron chi connectivity index (χ2n) is 5.67. The summed E-state index contributed by atoms with van der Waals surface area (Å²) >= 11 is 1.62. The third kappa shape index (κ3) is 3.55. The average molecular weight is 359 g/mol. The third-order valence-corrected chi connectivity index (χ3v) is 4.92. The topological polar surface area (TPSA) is 88.5 Å². The lowest BCUT2D eigenvalue weighted by atomic mass is 10.2. The van der Waals surface area contributed by atoms with Crippen molar-refractivity contribution in [1.29, 1.82) is 0 Å². The highest BCUT2D eigenvalue weighted by Crippen LogP contribution is 2.20. The molecule has 0 aromatic carbocycles. The number of hydrogen-bond donors (Lipinski definition) is 0. The Hall–Kier alpha value is -2.68. The second-order valence-corrected chi connectivity index (χ2v) is 6.54. The van der Waals surface area contributed by atoms with Crippen LogP contribution >= 0.6 is 11.3 Å². The zero-order chi connectivity index (χ0) is 17.1. The van der Waals surface area contributed by atoms with Crippen LogP contribution in [0.1, 0.15) is 12.3 Å². The van der Waals surface area contributed by atoms with E-state index in [0.29, 0.717) is 43.4 Å². The molecule has 1 fully saturated rings. The van der Waals surface area contributed by atoms with Crippen LogP contribution in [0.25, 0.3) is 11.6 Å². The normalized spacial score (nSPS) is 14.9. The van der Waals surface area contributed by atoms with Crippen LogP contribution in [0.4, 0.5) is 5.13 Å².